The Morgan fingerprint density at radius 3 is 2.43 bits per heavy atom. The van der Waals surface area contributed by atoms with Gasteiger partial charge in [0, 0.05) is 19.3 Å². The van der Waals surface area contributed by atoms with Gasteiger partial charge < -0.3 is 21.1 Å². The highest BCUT2D eigenvalue weighted by Gasteiger charge is 2.26. The molecule has 0 atom stereocenters. The van der Waals surface area contributed by atoms with Gasteiger partial charge in [-0.05, 0) is 38.1 Å². The summed E-state index contributed by atoms with van der Waals surface area (Å²) in [6.45, 7) is 4.11. The van der Waals surface area contributed by atoms with E-state index in [9.17, 15) is 9.59 Å². The second-order valence-corrected chi connectivity index (χ2v) is 5.41. The van der Waals surface area contributed by atoms with Crippen LogP contribution in [0.25, 0.3) is 0 Å². The number of carbonyl (C=O) groups excluding carboxylic acids is 2. The summed E-state index contributed by atoms with van der Waals surface area (Å²) >= 11 is 0. The molecule has 6 nitrogen and oxygen atoms in total. The standard InChI is InChI=1S/C15H23N3O3/c1-15(2,14(20)17-3)10-18-13(19)8-9-21-12-6-4-11(16)5-7-12/h4-7H,8-10,16H2,1-3H3,(H,17,20)(H,18,19). The first-order valence-electron chi connectivity index (χ1n) is 6.82. The Balaban J connectivity index is 2.28. The van der Waals surface area contributed by atoms with Crippen molar-refractivity contribution in [1.82, 2.24) is 10.6 Å². The third-order valence-electron chi connectivity index (χ3n) is 3.05. The molecule has 116 valence electrons. The van der Waals surface area contributed by atoms with Gasteiger partial charge in [0.25, 0.3) is 0 Å². The molecule has 2 amide bonds. The zero-order valence-electron chi connectivity index (χ0n) is 12.7. The van der Waals surface area contributed by atoms with E-state index in [4.69, 9.17) is 10.5 Å². The van der Waals surface area contributed by atoms with Gasteiger partial charge in [0.15, 0.2) is 0 Å². The van der Waals surface area contributed by atoms with Gasteiger partial charge in [-0.3, -0.25) is 9.59 Å². The Labute approximate surface area is 125 Å². The summed E-state index contributed by atoms with van der Waals surface area (Å²) in [6.07, 6.45) is 0.230. The number of ether oxygens (including phenoxy) is 1. The number of rotatable bonds is 7. The molecule has 0 saturated carbocycles. The lowest BCUT2D eigenvalue weighted by molar-refractivity contribution is -0.129. The number of hydrogen-bond donors (Lipinski definition) is 3. The van der Waals surface area contributed by atoms with Crippen LogP contribution >= 0.6 is 0 Å². The summed E-state index contributed by atoms with van der Waals surface area (Å²) in [5.74, 6) is 0.408. The molecule has 0 heterocycles. The van der Waals surface area contributed by atoms with Crippen molar-refractivity contribution in [1.29, 1.82) is 0 Å². The van der Waals surface area contributed by atoms with E-state index in [1.807, 2.05) is 0 Å². The second kappa shape index (κ2) is 7.52. The van der Waals surface area contributed by atoms with Crippen LogP contribution < -0.4 is 21.1 Å². The van der Waals surface area contributed by atoms with Crippen LogP contribution in [-0.2, 0) is 9.59 Å². The van der Waals surface area contributed by atoms with Gasteiger partial charge in [0.05, 0.1) is 18.4 Å². The molecule has 0 aliphatic rings. The van der Waals surface area contributed by atoms with E-state index in [-0.39, 0.29) is 31.4 Å². The molecule has 0 aliphatic heterocycles. The zero-order valence-corrected chi connectivity index (χ0v) is 12.7. The van der Waals surface area contributed by atoms with Crippen molar-refractivity contribution in [2.75, 3.05) is 25.9 Å². The van der Waals surface area contributed by atoms with Gasteiger partial charge in [-0.1, -0.05) is 0 Å². The number of amides is 2. The second-order valence-electron chi connectivity index (χ2n) is 5.41. The lowest BCUT2D eigenvalue weighted by Gasteiger charge is -2.22. The van der Waals surface area contributed by atoms with Crippen LogP contribution in [0.1, 0.15) is 20.3 Å². The maximum atomic E-state index is 11.7. The highest BCUT2D eigenvalue weighted by atomic mass is 16.5. The highest BCUT2D eigenvalue weighted by Crippen LogP contribution is 2.14. The molecule has 1 aromatic carbocycles. The van der Waals surface area contributed by atoms with Crippen molar-refractivity contribution >= 4 is 17.5 Å². The molecular weight excluding hydrogens is 270 g/mol. The molecule has 21 heavy (non-hydrogen) atoms. The van der Waals surface area contributed by atoms with E-state index in [0.29, 0.717) is 11.4 Å². The first kappa shape index (κ1) is 16.8. The predicted octanol–water partition coefficient (Wildman–Crippen LogP) is 0.926. The maximum Gasteiger partial charge on any atom is 0.227 e. The number of nitrogens with one attached hydrogen (secondary N) is 2. The summed E-state index contributed by atoms with van der Waals surface area (Å²) in [5, 5.41) is 5.31. The molecule has 0 saturated heterocycles. The van der Waals surface area contributed by atoms with Crippen LogP contribution in [-0.4, -0.2) is 32.0 Å². The number of anilines is 1. The minimum Gasteiger partial charge on any atom is -0.493 e. The van der Waals surface area contributed by atoms with Crippen molar-refractivity contribution in [3.8, 4) is 5.75 Å². The van der Waals surface area contributed by atoms with Crippen molar-refractivity contribution in [2.24, 2.45) is 5.41 Å². The summed E-state index contributed by atoms with van der Waals surface area (Å²) < 4.78 is 5.44. The molecular formula is C15H23N3O3. The molecule has 0 bridgehead atoms. The van der Waals surface area contributed by atoms with Gasteiger partial charge in [0.2, 0.25) is 11.8 Å². The average molecular weight is 293 g/mol. The van der Waals surface area contributed by atoms with Gasteiger partial charge in [0.1, 0.15) is 5.75 Å². The topological polar surface area (TPSA) is 93.5 Å². The molecule has 4 N–H and O–H groups in total. The summed E-state index contributed by atoms with van der Waals surface area (Å²) in [5.41, 5.74) is 5.59. The first-order chi connectivity index (χ1) is 9.85. The Morgan fingerprint density at radius 1 is 1.24 bits per heavy atom. The van der Waals surface area contributed by atoms with Gasteiger partial charge in [-0.15, -0.1) is 0 Å². The molecule has 0 aromatic heterocycles. The molecule has 1 aromatic rings. The van der Waals surface area contributed by atoms with Crippen LogP contribution in [0.15, 0.2) is 24.3 Å². The Hall–Kier alpha value is -2.24. The lowest BCUT2D eigenvalue weighted by Crippen LogP contribution is -2.43. The van der Waals surface area contributed by atoms with E-state index in [1.54, 1.807) is 45.2 Å². The highest BCUT2D eigenvalue weighted by molar-refractivity contribution is 5.83. The van der Waals surface area contributed by atoms with Crippen molar-refractivity contribution < 1.29 is 14.3 Å². The minimum absolute atomic E-state index is 0.110. The fourth-order valence-corrected chi connectivity index (χ4v) is 1.65. The first-order valence-corrected chi connectivity index (χ1v) is 6.82. The van der Waals surface area contributed by atoms with Gasteiger partial charge in [-0.25, -0.2) is 0 Å². The van der Waals surface area contributed by atoms with Crippen LogP contribution in [0.4, 0.5) is 5.69 Å². The van der Waals surface area contributed by atoms with Crippen molar-refractivity contribution in [2.45, 2.75) is 20.3 Å². The minimum atomic E-state index is -0.637. The summed E-state index contributed by atoms with van der Waals surface area (Å²) in [4.78, 5) is 23.3. The SMILES string of the molecule is CNC(=O)C(C)(C)CNC(=O)CCOc1ccc(N)cc1. The fourth-order valence-electron chi connectivity index (χ4n) is 1.65. The van der Waals surface area contributed by atoms with E-state index < -0.39 is 5.41 Å². The fraction of sp³-hybridized carbons (Fsp3) is 0.467. The Morgan fingerprint density at radius 2 is 1.86 bits per heavy atom. The van der Waals surface area contributed by atoms with E-state index >= 15 is 0 Å². The van der Waals surface area contributed by atoms with Crippen molar-refractivity contribution in [3.63, 3.8) is 0 Å². The maximum absolute atomic E-state index is 11.7. The van der Waals surface area contributed by atoms with Gasteiger partial charge >= 0.3 is 0 Å². The lowest BCUT2D eigenvalue weighted by atomic mass is 9.92. The van der Waals surface area contributed by atoms with Crippen LogP contribution in [0.3, 0.4) is 0 Å². The number of nitrogens with two attached hydrogens (primary N) is 1. The van der Waals surface area contributed by atoms with E-state index in [0.717, 1.165) is 0 Å². The third kappa shape index (κ3) is 5.72. The normalized spacial score (nSPS) is 10.8. The van der Waals surface area contributed by atoms with Crippen molar-refractivity contribution in [3.05, 3.63) is 24.3 Å². The van der Waals surface area contributed by atoms with Gasteiger partial charge in [-0.2, -0.15) is 0 Å². The molecule has 0 spiro atoms. The number of carbonyl (C=O) groups is 2. The molecule has 0 radical (unpaired) electrons. The van der Waals surface area contributed by atoms with E-state index in [1.165, 1.54) is 0 Å². The van der Waals surface area contributed by atoms with Crippen LogP contribution in [0, 0.1) is 5.41 Å². The molecule has 1 rings (SSSR count). The molecule has 0 fully saturated rings. The smallest absolute Gasteiger partial charge is 0.227 e. The number of nitrogen functional groups attached to an aromatic ring is 1. The van der Waals surface area contributed by atoms with Crippen LogP contribution in [0.2, 0.25) is 0 Å². The third-order valence-corrected chi connectivity index (χ3v) is 3.05. The molecule has 0 unspecified atom stereocenters. The zero-order chi connectivity index (χ0) is 15.9. The summed E-state index contributed by atoms with van der Waals surface area (Å²) in [6, 6.07) is 6.98. The quantitative estimate of drug-likeness (QED) is 0.652. The largest absolute Gasteiger partial charge is 0.493 e. The monoisotopic (exact) mass is 293 g/mol. The Kier molecular flexibility index (Phi) is 6.02. The average Bonchev–Trinajstić information content (AvgIpc) is 2.46. The number of hydrogen-bond acceptors (Lipinski definition) is 4. The van der Waals surface area contributed by atoms with Crippen LogP contribution in [0.5, 0.6) is 5.75 Å². The Bertz CT molecular complexity index is 483. The molecule has 0 aliphatic carbocycles. The number of benzene rings is 1. The molecule has 6 heteroatoms. The predicted molar refractivity (Wildman–Crippen MR) is 81.8 cm³/mol. The van der Waals surface area contributed by atoms with E-state index in [2.05, 4.69) is 10.6 Å². The summed E-state index contributed by atoms with van der Waals surface area (Å²) in [7, 11) is 1.58.